The third-order valence-corrected chi connectivity index (χ3v) is 18.5. The summed E-state index contributed by atoms with van der Waals surface area (Å²) in [5.41, 5.74) is 0. The maximum atomic E-state index is 12.6. The Hall–Kier alpha value is -1.66. The van der Waals surface area contributed by atoms with Crippen molar-refractivity contribution in [1.82, 2.24) is 5.32 Å². The standard InChI is InChI=1S/C79H153NO5/c1-3-5-7-9-11-13-15-17-19-21-36-40-43-47-51-55-59-63-67-71-77(82)76(75-81)80-78(83)72-68-64-60-56-52-48-44-41-37-34-32-30-28-26-24-22-23-25-27-29-31-33-35-38-42-46-50-54-58-62-66-70-74-85-79(84)73-69-65-61-57-53-49-45-39-20-18-16-14-12-10-8-6-4-2/h18,20,25,27,76-77,81-82H,3-17,19,21-24,26,28-75H2,1-2H3,(H,80,83)/b20-18-,27-25-. The van der Waals surface area contributed by atoms with Crippen LogP contribution < -0.4 is 5.32 Å². The van der Waals surface area contributed by atoms with Crippen LogP contribution in [0.5, 0.6) is 0 Å². The molecule has 0 aromatic heterocycles. The Morgan fingerprint density at radius 1 is 0.318 bits per heavy atom. The number of hydrogen-bond acceptors (Lipinski definition) is 5. The predicted octanol–water partition coefficient (Wildman–Crippen LogP) is 25.7. The van der Waals surface area contributed by atoms with Crippen molar-refractivity contribution in [2.24, 2.45) is 0 Å². The number of esters is 1. The van der Waals surface area contributed by atoms with Crippen molar-refractivity contribution in [2.75, 3.05) is 13.2 Å². The van der Waals surface area contributed by atoms with E-state index in [9.17, 15) is 19.8 Å². The van der Waals surface area contributed by atoms with Gasteiger partial charge in [-0.25, -0.2) is 0 Å². The fourth-order valence-electron chi connectivity index (χ4n) is 12.5. The van der Waals surface area contributed by atoms with Gasteiger partial charge in [0.2, 0.25) is 5.91 Å². The highest BCUT2D eigenvalue weighted by atomic mass is 16.5. The van der Waals surface area contributed by atoms with Crippen molar-refractivity contribution in [3.63, 3.8) is 0 Å². The molecule has 0 rings (SSSR count). The summed E-state index contributed by atoms with van der Waals surface area (Å²) in [7, 11) is 0. The summed E-state index contributed by atoms with van der Waals surface area (Å²) in [5, 5.41) is 23.4. The minimum atomic E-state index is -0.663. The number of rotatable bonds is 74. The minimum absolute atomic E-state index is 0.0159. The van der Waals surface area contributed by atoms with Crippen LogP contribution in [0.1, 0.15) is 444 Å². The van der Waals surface area contributed by atoms with Crippen molar-refractivity contribution in [2.45, 2.75) is 456 Å². The van der Waals surface area contributed by atoms with Gasteiger partial charge in [-0.15, -0.1) is 0 Å². The highest BCUT2D eigenvalue weighted by molar-refractivity contribution is 5.76. The van der Waals surface area contributed by atoms with Crippen molar-refractivity contribution in [3.8, 4) is 0 Å². The number of nitrogens with one attached hydrogen (secondary N) is 1. The average molecular weight is 1200 g/mol. The largest absolute Gasteiger partial charge is 0.466 e. The number of carbonyl (C=O) groups excluding carboxylic acids is 2. The van der Waals surface area contributed by atoms with Gasteiger partial charge >= 0.3 is 5.97 Å². The molecule has 1 amide bonds. The van der Waals surface area contributed by atoms with E-state index in [2.05, 4.69) is 43.5 Å². The van der Waals surface area contributed by atoms with Crippen molar-refractivity contribution in [3.05, 3.63) is 24.3 Å². The number of carbonyl (C=O) groups is 2. The zero-order valence-corrected chi connectivity index (χ0v) is 57.9. The number of amides is 1. The summed E-state index contributed by atoms with van der Waals surface area (Å²) in [4.78, 5) is 24.7. The summed E-state index contributed by atoms with van der Waals surface area (Å²) in [6.45, 7) is 5.00. The SMILES string of the molecule is CCCCCCCC/C=C\CCCCCCCCCC(=O)OCCCCCCCCCCCCCC/C=C\CCCCCCCCCCCCCCCCCCC(=O)NC(CO)C(O)CCCCCCCCCCCCCCCCCCCCC. The maximum Gasteiger partial charge on any atom is 0.305 e. The first kappa shape index (κ1) is 83.3. The zero-order valence-electron chi connectivity index (χ0n) is 57.9. The Morgan fingerprint density at radius 3 is 0.835 bits per heavy atom. The Morgan fingerprint density at radius 2 is 0.553 bits per heavy atom. The molecule has 0 aliphatic carbocycles. The molecular weight excluding hydrogens is 1040 g/mol. The molecule has 0 aliphatic heterocycles. The van der Waals surface area contributed by atoms with Gasteiger partial charge in [-0.1, -0.05) is 378 Å². The monoisotopic (exact) mass is 1200 g/mol. The third-order valence-electron chi connectivity index (χ3n) is 18.5. The second-order valence-electron chi connectivity index (χ2n) is 27.0. The summed E-state index contributed by atoms with van der Waals surface area (Å²) < 4.78 is 5.51. The molecule has 0 spiro atoms. The molecule has 2 unspecified atom stereocenters. The van der Waals surface area contributed by atoms with E-state index in [1.165, 1.54) is 366 Å². The van der Waals surface area contributed by atoms with Crippen LogP contribution in [0.3, 0.4) is 0 Å². The van der Waals surface area contributed by atoms with Crippen LogP contribution in [0.25, 0.3) is 0 Å². The molecule has 0 aliphatic rings. The molecular formula is C79H153NO5. The number of aliphatic hydroxyl groups excluding tert-OH is 2. The van der Waals surface area contributed by atoms with Crippen LogP contribution in [0.15, 0.2) is 24.3 Å². The number of unbranched alkanes of at least 4 members (excludes halogenated alkanes) is 59. The van der Waals surface area contributed by atoms with Gasteiger partial charge in [-0.05, 0) is 77.0 Å². The lowest BCUT2D eigenvalue weighted by molar-refractivity contribution is -0.143. The molecule has 0 saturated heterocycles. The van der Waals surface area contributed by atoms with E-state index in [-0.39, 0.29) is 18.5 Å². The maximum absolute atomic E-state index is 12.6. The van der Waals surface area contributed by atoms with Gasteiger partial charge in [0.15, 0.2) is 0 Å². The number of aliphatic hydroxyl groups is 2. The van der Waals surface area contributed by atoms with Crippen molar-refractivity contribution < 1.29 is 24.5 Å². The zero-order chi connectivity index (χ0) is 61.3. The lowest BCUT2D eigenvalue weighted by Gasteiger charge is -2.22. The van der Waals surface area contributed by atoms with E-state index in [0.717, 1.165) is 44.9 Å². The summed E-state index contributed by atoms with van der Waals surface area (Å²) >= 11 is 0. The fraction of sp³-hybridized carbons (Fsp3) is 0.924. The molecule has 0 aromatic rings. The van der Waals surface area contributed by atoms with E-state index in [1.807, 2.05) is 0 Å². The lowest BCUT2D eigenvalue weighted by Crippen LogP contribution is -2.45. The van der Waals surface area contributed by atoms with Gasteiger partial charge in [0, 0.05) is 12.8 Å². The van der Waals surface area contributed by atoms with E-state index < -0.39 is 12.1 Å². The quantitative estimate of drug-likeness (QED) is 0.0320. The lowest BCUT2D eigenvalue weighted by atomic mass is 10.0. The second-order valence-corrected chi connectivity index (χ2v) is 27.0. The highest BCUT2D eigenvalue weighted by Gasteiger charge is 2.20. The van der Waals surface area contributed by atoms with Gasteiger partial charge in [-0.3, -0.25) is 9.59 Å². The van der Waals surface area contributed by atoms with Crippen LogP contribution in [0.2, 0.25) is 0 Å². The Bertz CT molecular complexity index is 1330. The summed E-state index contributed by atoms with van der Waals surface area (Å²) in [6.07, 6.45) is 95.5. The smallest absolute Gasteiger partial charge is 0.305 e. The Kier molecular flexibility index (Phi) is 73.3. The Balaban J connectivity index is 3.35. The topological polar surface area (TPSA) is 95.9 Å². The second kappa shape index (κ2) is 74.8. The molecule has 0 aromatic carbocycles. The molecule has 6 nitrogen and oxygen atoms in total. The first-order valence-electron chi connectivity index (χ1n) is 39.1. The fourth-order valence-corrected chi connectivity index (χ4v) is 12.5. The minimum Gasteiger partial charge on any atom is -0.466 e. The van der Waals surface area contributed by atoms with E-state index in [0.29, 0.717) is 25.9 Å². The molecule has 0 bridgehead atoms. The van der Waals surface area contributed by atoms with E-state index in [1.54, 1.807) is 0 Å². The molecule has 0 saturated carbocycles. The number of hydrogen-bond donors (Lipinski definition) is 3. The van der Waals surface area contributed by atoms with E-state index >= 15 is 0 Å². The normalized spacial score (nSPS) is 12.6. The van der Waals surface area contributed by atoms with Crippen LogP contribution >= 0.6 is 0 Å². The average Bonchev–Trinajstić information content (AvgIpc) is 3.51. The first-order valence-corrected chi connectivity index (χ1v) is 39.1. The molecule has 6 heteroatoms. The molecule has 0 fully saturated rings. The Labute approximate surface area is 532 Å². The van der Waals surface area contributed by atoms with Gasteiger partial charge in [0.25, 0.3) is 0 Å². The predicted molar refractivity (Wildman–Crippen MR) is 375 cm³/mol. The third kappa shape index (κ3) is 71.3. The van der Waals surface area contributed by atoms with Gasteiger partial charge in [0.1, 0.15) is 0 Å². The molecule has 504 valence electrons. The molecule has 2 atom stereocenters. The van der Waals surface area contributed by atoms with Gasteiger partial charge < -0.3 is 20.3 Å². The van der Waals surface area contributed by atoms with Gasteiger partial charge in [-0.2, -0.15) is 0 Å². The molecule has 0 heterocycles. The molecule has 0 radical (unpaired) electrons. The van der Waals surface area contributed by atoms with Crippen LogP contribution in [-0.4, -0.2) is 47.4 Å². The summed E-state index contributed by atoms with van der Waals surface area (Å²) in [6, 6.07) is -0.540. The first-order chi connectivity index (χ1) is 42.0. The summed E-state index contributed by atoms with van der Waals surface area (Å²) in [5.74, 6) is -0.0118. The molecule has 3 N–H and O–H groups in total. The molecule has 85 heavy (non-hydrogen) atoms. The van der Waals surface area contributed by atoms with Crippen LogP contribution in [-0.2, 0) is 14.3 Å². The number of allylic oxidation sites excluding steroid dienone is 4. The van der Waals surface area contributed by atoms with E-state index in [4.69, 9.17) is 4.74 Å². The number of ether oxygens (including phenoxy) is 1. The van der Waals surface area contributed by atoms with Crippen LogP contribution in [0, 0.1) is 0 Å². The van der Waals surface area contributed by atoms with Crippen molar-refractivity contribution in [1.29, 1.82) is 0 Å². The van der Waals surface area contributed by atoms with Gasteiger partial charge in [0.05, 0.1) is 25.4 Å². The highest BCUT2D eigenvalue weighted by Crippen LogP contribution is 2.20. The van der Waals surface area contributed by atoms with Crippen LogP contribution in [0.4, 0.5) is 0 Å². The van der Waals surface area contributed by atoms with Crippen molar-refractivity contribution >= 4 is 11.9 Å².